The van der Waals surface area contributed by atoms with E-state index < -0.39 is 6.04 Å². The third-order valence-electron chi connectivity index (χ3n) is 3.50. The Bertz CT molecular complexity index is 658. The van der Waals surface area contributed by atoms with E-state index in [9.17, 15) is 9.59 Å². The molecule has 0 aliphatic carbocycles. The van der Waals surface area contributed by atoms with Crippen LogP contribution in [0.15, 0.2) is 60.7 Å². The van der Waals surface area contributed by atoms with Gasteiger partial charge >= 0.3 is 0 Å². The van der Waals surface area contributed by atoms with E-state index in [-0.39, 0.29) is 24.5 Å². The van der Waals surface area contributed by atoms with Gasteiger partial charge in [-0.1, -0.05) is 48.5 Å². The SMILES string of the molecule is O=C(COc1ccccc1)NC1C(=O)NC1c1ccccc1. The van der Waals surface area contributed by atoms with Crippen LogP contribution in [0.2, 0.25) is 0 Å². The molecule has 1 heterocycles. The average molecular weight is 296 g/mol. The van der Waals surface area contributed by atoms with Crippen LogP contribution >= 0.6 is 0 Å². The number of β-lactam (4-membered cyclic amide) rings is 1. The fraction of sp³-hybridized carbons (Fsp3) is 0.176. The fourth-order valence-electron chi connectivity index (χ4n) is 2.35. The number of carbonyl (C=O) groups excluding carboxylic acids is 2. The van der Waals surface area contributed by atoms with Gasteiger partial charge < -0.3 is 15.4 Å². The first kappa shape index (κ1) is 14.1. The first-order valence-electron chi connectivity index (χ1n) is 7.06. The van der Waals surface area contributed by atoms with Gasteiger partial charge in [-0.2, -0.15) is 0 Å². The van der Waals surface area contributed by atoms with Gasteiger partial charge in [0.2, 0.25) is 5.91 Å². The molecule has 112 valence electrons. The van der Waals surface area contributed by atoms with Gasteiger partial charge in [-0.05, 0) is 17.7 Å². The van der Waals surface area contributed by atoms with Gasteiger partial charge in [-0.15, -0.1) is 0 Å². The Hall–Kier alpha value is -2.82. The molecule has 2 unspecified atom stereocenters. The fourth-order valence-corrected chi connectivity index (χ4v) is 2.35. The van der Waals surface area contributed by atoms with Crippen molar-refractivity contribution >= 4 is 11.8 Å². The number of amides is 2. The molecule has 0 bridgehead atoms. The summed E-state index contributed by atoms with van der Waals surface area (Å²) in [6, 6.07) is 17.9. The minimum absolute atomic E-state index is 0.116. The number of rotatable bonds is 5. The molecule has 2 N–H and O–H groups in total. The molecule has 5 nitrogen and oxygen atoms in total. The summed E-state index contributed by atoms with van der Waals surface area (Å²) >= 11 is 0. The maximum atomic E-state index is 11.9. The lowest BCUT2D eigenvalue weighted by Gasteiger charge is -2.37. The molecule has 0 aromatic heterocycles. The predicted molar refractivity (Wildman–Crippen MR) is 81.2 cm³/mol. The van der Waals surface area contributed by atoms with Crippen LogP contribution < -0.4 is 15.4 Å². The maximum absolute atomic E-state index is 11.9. The van der Waals surface area contributed by atoms with Crippen molar-refractivity contribution in [1.29, 1.82) is 0 Å². The molecule has 2 atom stereocenters. The topological polar surface area (TPSA) is 67.4 Å². The van der Waals surface area contributed by atoms with Crippen molar-refractivity contribution in [3.8, 4) is 5.75 Å². The molecule has 22 heavy (non-hydrogen) atoms. The molecular weight excluding hydrogens is 280 g/mol. The van der Waals surface area contributed by atoms with E-state index in [0.717, 1.165) is 5.56 Å². The highest BCUT2D eigenvalue weighted by atomic mass is 16.5. The molecule has 3 rings (SSSR count). The number of nitrogens with one attached hydrogen (secondary N) is 2. The standard InChI is InChI=1S/C17H16N2O3/c20-14(11-22-13-9-5-2-6-10-13)18-16-15(19-17(16)21)12-7-3-1-4-8-12/h1-10,15-16H,11H2,(H,18,20)(H,19,21). The molecule has 5 heteroatoms. The Morgan fingerprint density at radius 2 is 1.68 bits per heavy atom. The third kappa shape index (κ3) is 3.09. The summed E-state index contributed by atoms with van der Waals surface area (Å²) in [7, 11) is 0. The summed E-state index contributed by atoms with van der Waals surface area (Å²) < 4.78 is 5.37. The second-order valence-corrected chi connectivity index (χ2v) is 5.04. The van der Waals surface area contributed by atoms with Gasteiger partial charge in [-0.25, -0.2) is 0 Å². The summed E-state index contributed by atoms with van der Waals surface area (Å²) in [5, 5.41) is 5.50. The van der Waals surface area contributed by atoms with Crippen LogP contribution in [-0.2, 0) is 9.59 Å². The normalized spacial score (nSPS) is 19.7. The number of ether oxygens (including phenoxy) is 1. The van der Waals surface area contributed by atoms with E-state index in [1.54, 1.807) is 12.1 Å². The van der Waals surface area contributed by atoms with E-state index >= 15 is 0 Å². The number of carbonyl (C=O) groups is 2. The second kappa shape index (κ2) is 6.30. The summed E-state index contributed by atoms with van der Waals surface area (Å²) in [6.45, 7) is -0.116. The van der Waals surface area contributed by atoms with E-state index in [4.69, 9.17) is 4.74 Å². The quantitative estimate of drug-likeness (QED) is 0.820. The van der Waals surface area contributed by atoms with Crippen LogP contribution in [0.1, 0.15) is 11.6 Å². The van der Waals surface area contributed by atoms with E-state index in [1.807, 2.05) is 48.5 Å². The molecule has 2 aromatic carbocycles. The molecule has 0 saturated carbocycles. The Labute approximate surface area is 128 Å². The average Bonchev–Trinajstić information content (AvgIpc) is 2.57. The molecule has 1 aliphatic heterocycles. The highest BCUT2D eigenvalue weighted by Gasteiger charge is 2.41. The molecule has 0 spiro atoms. The lowest BCUT2D eigenvalue weighted by molar-refractivity contribution is -0.137. The number of benzene rings is 2. The van der Waals surface area contributed by atoms with Crippen LogP contribution in [0, 0.1) is 0 Å². The Kier molecular flexibility index (Phi) is 4.05. The Balaban J connectivity index is 1.55. The molecular formula is C17H16N2O3. The van der Waals surface area contributed by atoms with E-state index in [0.29, 0.717) is 5.75 Å². The third-order valence-corrected chi connectivity index (χ3v) is 3.50. The minimum atomic E-state index is -0.547. The Morgan fingerprint density at radius 1 is 1.05 bits per heavy atom. The first-order chi connectivity index (χ1) is 10.7. The van der Waals surface area contributed by atoms with Crippen LogP contribution in [0.5, 0.6) is 5.75 Å². The Morgan fingerprint density at radius 3 is 2.32 bits per heavy atom. The van der Waals surface area contributed by atoms with Gasteiger partial charge in [0.1, 0.15) is 11.8 Å². The minimum Gasteiger partial charge on any atom is -0.484 e. The zero-order valence-corrected chi connectivity index (χ0v) is 11.9. The zero-order valence-electron chi connectivity index (χ0n) is 11.9. The van der Waals surface area contributed by atoms with Crippen molar-refractivity contribution in [2.24, 2.45) is 0 Å². The van der Waals surface area contributed by atoms with Gasteiger partial charge in [0.15, 0.2) is 6.61 Å². The van der Waals surface area contributed by atoms with Crippen LogP contribution in [0.25, 0.3) is 0 Å². The summed E-state index contributed by atoms with van der Waals surface area (Å²) in [5.41, 5.74) is 0.969. The zero-order chi connectivity index (χ0) is 15.4. The van der Waals surface area contributed by atoms with Gasteiger partial charge in [0.25, 0.3) is 5.91 Å². The molecule has 2 amide bonds. The van der Waals surface area contributed by atoms with E-state index in [2.05, 4.69) is 10.6 Å². The smallest absolute Gasteiger partial charge is 0.258 e. The maximum Gasteiger partial charge on any atom is 0.258 e. The molecule has 0 radical (unpaired) electrons. The van der Waals surface area contributed by atoms with Crippen molar-refractivity contribution < 1.29 is 14.3 Å². The highest BCUT2D eigenvalue weighted by molar-refractivity contribution is 5.94. The van der Waals surface area contributed by atoms with Crippen molar-refractivity contribution in [2.75, 3.05) is 6.61 Å². The van der Waals surface area contributed by atoms with Crippen LogP contribution in [0.3, 0.4) is 0 Å². The predicted octanol–water partition coefficient (Wildman–Crippen LogP) is 1.42. The summed E-state index contributed by atoms with van der Waals surface area (Å²) in [6.07, 6.45) is 0. The monoisotopic (exact) mass is 296 g/mol. The number of hydrogen-bond donors (Lipinski definition) is 2. The summed E-state index contributed by atoms with van der Waals surface area (Å²) in [4.78, 5) is 23.6. The molecule has 1 saturated heterocycles. The number of hydrogen-bond acceptors (Lipinski definition) is 3. The highest BCUT2D eigenvalue weighted by Crippen LogP contribution is 2.24. The number of para-hydroxylation sites is 1. The van der Waals surface area contributed by atoms with Crippen LogP contribution in [0.4, 0.5) is 0 Å². The van der Waals surface area contributed by atoms with Crippen molar-refractivity contribution in [3.63, 3.8) is 0 Å². The molecule has 1 aliphatic rings. The summed E-state index contributed by atoms with van der Waals surface area (Å²) in [5.74, 6) is 0.127. The molecule has 1 fully saturated rings. The lowest BCUT2D eigenvalue weighted by atomic mass is 9.91. The van der Waals surface area contributed by atoms with Crippen molar-refractivity contribution in [1.82, 2.24) is 10.6 Å². The first-order valence-corrected chi connectivity index (χ1v) is 7.06. The second-order valence-electron chi connectivity index (χ2n) is 5.04. The van der Waals surface area contributed by atoms with Crippen molar-refractivity contribution in [3.05, 3.63) is 66.2 Å². The molecule has 2 aromatic rings. The van der Waals surface area contributed by atoms with Gasteiger partial charge in [0, 0.05) is 0 Å². The van der Waals surface area contributed by atoms with Gasteiger partial charge in [0.05, 0.1) is 6.04 Å². The lowest BCUT2D eigenvalue weighted by Crippen LogP contribution is -2.64. The van der Waals surface area contributed by atoms with Crippen LogP contribution in [-0.4, -0.2) is 24.5 Å². The van der Waals surface area contributed by atoms with E-state index in [1.165, 1.54) is 0 Å². The van der Waals surface area contributed by atoms with Gasteiger partial charge in [-0.3, -0.25) is 9.59 Å². The largest absolute Gasteiger partial charge is 0.484 e. The van der Waals surface area contributed by atoms with Crippen molar-refractivity contribution in [2.45, 2.75) is 12.1 Å².